The van der Waals surface area contributed by atoms with Crippen LogP contribution in [-0.4, -0.2) is 29.7 Å². The summed E-state index contributed by atoms with van der Waals surface area (Å²) < 4.78 is 21.5. The minimum absolute atomic E-state index is 0.115. The van der Waals surface area contributed by atoms with Gasteiger partial charge < -0.3 is 0 Å². The summed E-state index contributed by atoms with van der Waals surface area (Å²) in [5.41, 5.74) is 3.17. The molecule has 0 spiro atoms. The topological polar surface area (TPSA) is 122 Å². The maximum absolute atomic E-state index is 15.3. The zero-order chi connectivity index (χ0) is 23.8. The number of aromatic nitrogens is 6. The van der Waals surface area contributed by atoms with Gasteiger partial charge in [-0.3, -0.25) is 19.3 Å². The number of benzene rings is 2. The maximum atomic E-state index is 15.3. The Balaban J connectivity index is 1.55. The highest BCUT2D eigenvalue weighted by Crippen LogP contribution is 2.31. The van der Waals surface area contributed by atoms with Gasteiger partial charge >= 0.3 is 5.76 Å². The highest BCUT2D eigenvalue weighted by Gasteiger charge is 2.18. The van der Waals surface area contributed by atoms with Crippen molar-refractivity contribution in [3.05, 3.63) is 91.8 Å². The van der Waals surface area contributed by atoms with Crippen LogP contribution in [0.4, 0.5) is 4.39 Å². The van der Waals surface area contributed by atoms with Gasteiger partial charge in [-0.2, -0.15) is 10.1 Å². The van der Waals surface area contributed by atoms with Crippen molar-refractivity contribution < 1.29 is 8.91 Å². The van der Waals surface area contributed by atoms with Crippen LogP contribution in [-0.2, 0) is 12.8 Å². The fourth-order valence-corrected chi connectivity index (χ4v) is 4.13. The molecule has 0 aliphatic heterocycles. The first-order chi connectivity index (χ1) is 16.4. The molecule has 0 bridgehead atoms. The lowest BCUT2D eigenvalue weighted by atomic mass is 9.96. The van der Waals surface area contributed by atoms with Gasteiger partial charge in [0.2, 0.25) is 5.78 Å². The molecule has 5 aromatic rings. The van der Waals surface area contributed by atoms with Gasteiger partial charge in [0, 0.05) is 17.5 Å². The lowest BCUT2D eigenvalue weighted by Crippen LogP contribution is -2.21. The third-order valence-corrected chi connectivity index (χ3v) is 5.66. The van der Waals surface area contributed by atoms with Crippen molar-refractivity contribution in [2.24, 2.45) is 0 Å². The van der Waals surface area contributed by atoms with Crippen molar-refractivity contribution in [2.45, 2.75) is 33.1 Å². The van der Waals surface area contributed by atoms with E-state index in [0.717, 1.165) is 12.1 Å². The molecule has 0 saturated heterocycles. The van der Waals surface area contributed by atoms with Crippen LogP contribution < -0.4 is 11.3 Å². The summed E-state index contributed by atoms with van der Waals surface area (Å²) in [4.78, 5) is 33.8. The van der Waals surface area contributed by atoms with Crippen LogP contribution in [0.3, 0.4) is 0 Å². The number of nitrogens with one attached hydrogen (secondary N) is 2. The quantitative estimate of drug-likeness (QED) is 0.400. The molecule has 9 nitrogen and oxygen atoms in total. The molecule has 3 aromatic heterocycles. The predicted octanol–water partition coefficient (Wildman–Crippen LogP) is 3.42. The first-order valence-electron chi connectivity index (χ1n) is 10.9. The van der Waals surface area contributed by atoms with E-state index in [2.05, 4.69) is 29.7 Å². The van der Waals surface area contributed by atoms with Crippen molar-refractivity contribution in [3.63, 3.8) is 0 Å². The van der Waals surface area contributed by atoms with Crippen molar-refractivity contribution in [3.8, 4) is 22.5 Å². The summed E-state index contributed by atoms with van der Waals surface area (Å²) in [5, 5.41) is 8.14. The Labute approximate surface area is 192 Å². The SMILES string of the molecule is CCCc1c(Cc2ccc(-c3ccccc3-c3noc(=O)[nH]3)cc2F)c(=O)[nH]c2nc(C)nn12. The summed E-state index contributed by atoms with van der Waals surface area (Å²) >= 11 is 0. The average molecular weight is 460 g/mol. The van der Waals surface area contributed by atoms with E-state index in [4.69, 9.17) is 0 Å². The van der Waals surface area contributed by atoms with Crippen LogP contribution in [0.1, 0.15) is 36.0 Å². The Kier molecular flexibility index (Phi) is 5.40. The van der Waals surface area contributed by atoms with E-state index in [1.807, 2.05) is 19.1 Å². The highest BCUT2D eigenvalue weighted by molar-refractivity contribution is 5.80. The largest absolute Gasteiger partial charge is 0.439 e. The third kappa shape index (κ3) is 3.83. The third-order valence-electron chi connectivity index (χ3n) is 5.66. The molecular formula is C24H21FN6O3. The van der Waals surface area contributed by atoms with Crippen molar-refractivity contribution in [2.75, 3.05) is 0 Å². The normalized spacial score (nSPS) is 11.4. The number of nitrogens with zero attached hydrogens (tertiary/aromatic N) is 4. The molecule has 2 aromatic carbocycles. The van der Waals surface area contributed by atoms with E-state index in [1.165, 1.54) is 6.07 Å². The lowest BCUT2D eigenvalue weighted by Gasteiger charge is -2.12. The van der Waals surface area contributed by atoms with Crippen LogP contribution in [0.25, 0.3) is 28.3 Å². The fraction of sp³-hybridized carbons (Fsp3) is 0.208. The number of H-pyrrole nitrogens is 2. The average Bonchev–Trinajstić information content (AvgIpc) is 3.42. The van der Waals surface area contributed by atoms with Gasteiger partial charge in [0.15, 0.2) is 5.82 Å². The number of fused-ring (bicyclic) bond motifs is 1. The van der Waals surface area contributed by atoms with Gasteiger partial charge in [0.05, 0.1) is 5.69 Å². The minimum atomic E-state index is -0.668. The summed E-state index contributed by atoms with van der Waals surface area (Å²) in [7, 11) is 0. The van der Waals surface area contributed by atoms with E-state index >= 15 is 4.39 Å². The van der Waals surface area contributed by atoms with Crippen molar-refractivity contribution in [1.82, 2.24) is 29.7 Å². The zero-order valence-electron chi connectivity index (χ0n) is 18.6. The zero-order valence-corrected chi connectivity index (χ0v) is 18.6. The monoisotopic (exact) mass is 460 g/mol. The highest BCUT2D eigenvalue weighted by atomic mass is 19.1. The van der Waals surface area contributed by atoms with Gasteiger partial charge in [-0.15, -0.1) is 0 Å². The first-order valence-corrected chi connectivity index (χ1v) is 10.9. The molecule has 0 aliphatic rings. The van der Waals surface area contributed by atoms with Crippen LogP contribution in [0.5, 0.6) is 0 Å². The molecule has 0 amide bonds. The Bertz CT molecular complexity index is 1630. The minimum Gasteiger partial charge on any atom is -0.296 e. The Hall–Kier alpha value is -4.34. The number of halogens is 1. The molecule has 172 valence electrons. The van der Waals surface area contributed by atoms with Crippen LogP contribution in [0, 0.1) is 12.7 Å². The van der Waals surface area contributed by atoms with E-state index in [-0.39, 0.29) is 17.8 Å². The van der Waals surface area contributed by atoms with E-state index < -0.39 is 11.6 Å². The Morgan fingerprint density at radius 1 is 1.09 bits per heavy atom. The molecule has 34 heavy (non-hydrogen) atoms. The van der Waals surface area contributed by atoms with E-state index in [9.17, 15) is 9.59 Å². The molecule has 0 fully saturated rings. The first kappa shape index (κ1) is 21.5. The number of hydrogen-bond donors (Lipinski definition) is 2. The van der Waals surface area contributed by atoms with Crippen molar-refractivity contribution in [1.29, 1.82) is 0 Å². The fourth-order valence-electron chi connectivity index (χ4n) is 4.13. The molecular weight excluding hydrogens is 439 g/mol. The molecule has 0 aliphatic carbocycles. The number of aryl methyl sites for hydroxylation is 2. The summed E-state index contributed by atoms with van der Waals surface area (Å²) in [5.74, 6) is 0.0785. The second-order valence-electron chi connectivity index (χ2n) is 8.00. The molecule has 0 radical (unpaired) electrons. The van der Waals surface area contributed by atoms with Gasteiger partial charge in [-0.1, -0.05) is 54.9 Å². The lowest BCUT2D eigenvalue weighted by molar-refractivity contribution is 0.388. The number of hydrogen-bond acceptors (Lipinski definition) is 6. The molecule has 0 unspecified atom stereocenters. The summed E-state index contributed by atoms with van der Waals surface area (Å²) in [6.45, 7) is 3.77. The molecule has 2 N–H and O–H groups in total. The molecule has 0 atom stereocenters. The Morgan fingerprint density at radius 3 is 2.59 bits per heavy atom. The predicted molar refractivity (Wildman–Crippen MR) is 123 cm³/mol. The smallest absolute Gasteiger partial charge is 0.296 e. The van der Waals surface area contributed by atoms with Gasteiger partial charge in [0.1, 0.15) is 11.6 Å². The summed E-state index contributed by atoms with van der Waals surface area (Å²) in [6.07, 6.45) is 1.53. The Morgan fingerprint density at radius 2 is 1.88 bits per heavy atom. The molecule has 5 rings (SSSR count). The summed E-state index contributed by atoms with van der Waals surface area (Å²) in [6, 6.07) is 12.0. The van der Waals surface area contributed by atoms with E-state index in [1.54, 1.807) is 35.7 Å². The second kappa shape index (κ2) is 8.54. The van der Waals surface area contributed by atoms with Gasteiger partial charge in [-0.05, 0) is 36.1 Å². The van der Waals surface area contributed by atoms with Gasteiger partial charge in [-0.25, -0.2) is 13.7 Å². The maximum Gasteiger partial charge on any atom is 0.439 e. The number of aromatic amines is 2. The second-order valence-corrected chi connectivity index (χ2v) is 8.00. The number of rotatable bonds is 6. The van der Waals surface area contributed by atoms with Gasteiger partial charge in [0.25, 0.3) is 5.56 Å². The van der Waals surface area contributed by atoms with E-state index in [0.29, 0.717) is 45.8 Å². The van der Waals surface area contributed by atoms with Crippen molar-refractivity contribution >= 4 is 5.78 Å². The van der Waals surface area contributed by atoms with Crippen LogP contribution >= 0.6 is 0 Å². The van der Waals surface area contributed by atoms with Crippen LogP contribution in [0.15, 0.2) is 56.6 Å². The molecule has 0 saturated carbocycles. The van der Waals surface area contributed by atoms with Crippen LogP contribution in [0.2, 0.25) is 0 Å². The molecule has 10 heteroatoms. The standard InChI is InChI=1S/C24H21FN6O3/c1-3-6-20-18(22(32)28-23-26-13(2)29-31(20)23)11-15-10-9-14(12-19(15)25)16-7-4-5-8-17(16)21-27-24(33)34-30-21/h4-5,7-10,12H,3,6,11H2,1-2H3,(H,27,30,33)(H,26,28,29,32). The molecule has 3 heterocycles.